The van der Waals surface area contributed by atoms with E-state index >= 15 is 0 Å². The highest BCUT2D eigenvalue weighted by atomic mass is 32.1. The molecular weight excluding hydrogens is 192 g/mol. The van der Waals surface area contributed by atoms with Crippen molar-refractivity contribution in [3.05, 3.63) is 27.1 Å². The molecule has 0 unspecified atom stereocenters. The van der Waals surface area contributed by atoms with E-state index in [1.165, 1.54) is 6.07 Å². The first-order chi connectivity index (χ1) is 6.24. The SMILES string of the molecule is O=[N+]([O-])c1cc(CNCCO)cs1. The van der Waals surface area contributed by atoms with Crippen molar-refractivity contribution in [2.45, 2.75) is 6.54 Å². The number of thiophene rings is 1. The van der Waals surface area contributed by atoms with Crippen LogP contribution in [-0.4, -0.2) is 23.2 Å². The van der Waals surface area contributed by atoms with Crippen LogP contribution in [0, 0.1) is 10.1 Å². The Kier molecular flexibility index (Phi) is 3.81. The summed E-state index contributed by atoms with van der Waals surface area (Å²) in [5.41, 5.74) is 0.880. The van der Waals surface area contributed by atoms with Crippen LogP contribution in [0.1, 0.15) is 5.56 Å². The van der Waals surface area contributed by atoms with Crippen molar-refractivity contribution in [3.8, 4) is 0 Å². The summed E-state index contributed by atoms with van der Waals surface area (Å²) in [7, 11) is 0. The first kappa shape index (κ1) is 10.1. The van der Waals surface area contributed by atoms with E-state index in [1.54, 1.807) is 5.38 Å². The second kappa shape index (κ2) is 4.90. The number of hydrogen-bond acceptors (Lipinski definition) is 5. The molecular formula is C7H10N2O3S. The van der Waals surface area contributed by atoms with Crippen LogP contribution in [0.15, 0.2) is 11.4 Å². The molecule has 0 aliphatic carbocycles. The van der Waals surface area contributed by atoms with Gasteiger partial charge in [0.25, 0.3) is 0 Å². The van der Waals surface area contributed by atoms with Gasteiger partial charge in [0, 0.05) is 24.5 Å². The zero-order chi connectivity index (χ0) is 9.68. The summed E-state index contributed by atoms with van der Waals surface area (Å²) in [6, 6.07) is 1.54. The van der Waals surface area contributed by atoms with Gasteiger partial charge in [-0.05, 0) is 5.56 Å². The molecule has 0 spiro atoms. The summed E-state index contributed by atoms with van der Waals surface area (Å²) in [6.45, 7) is 1.14. The first-order valence-electron chi connectivity index (χ1n) is 3.77. The zero-order valence-electron chi connectivity index (χ0n) is 6.90. The Bertz CT molecular complexity index is 287. The molecule has 6 heteroatoms. The average molecular weight is 202 g/mol. The predicted octanol–water partition coefficient (Wildman–Crippen LogP) is 0.738. The molecule has 1 heterocycles. The van der Waals surface area contributed by atoms with Crippen molar-refractivity contribution in [2.24, 2.45) is 0 Å². The molecule has 0 saturated heterocycles. The van der Waals surface area contributed by atoms with Gasteiger partial charge in [-0.25, -0.2) is 0 Å². The molecule has 0 bridgehead atoms. The van der Waals surface area contributed by atoms with Crippen molar-refractivity contribution in [3.63, 3.8) is 0 Å². The number of nitrogens with one attached hydrogen (secondary N) is 1. The van der Waals surface area contributed by atoms with Crippen molar-refractivity contribution >= 4 is 16.3 Å². The molecule has 72 valence electrons. The smallest absolute Gasteiger partial charge is 0.324 e. The third-order valence-corrected chi connectivity index (χ3v) is 2.37. The summed E-state index contributed by atoms with van der Waals surface area (Å²) < 4.78 is 0. The number of hydrogen-bond donors (Lipinski definition) is 2. The first-order valence-corrected chi connectivity index (χ1v) is 4.65. The molecule has 5 nitrogen and oxygen atoms in total. The van der Waals surface area contributed by atoms with Crippen molar-refractivity contribution in [1.29, 1.82) is 0 Å². The van der Waals surface area contributed by atoms with Crippen LogP contribution >= 0.6 is 11.3 Å². The summed E-state index contributed by atoms with van der Waals surface area (Å²) in [6.07, 6.45) is 0. The third kappa shape index (κ3) is 3.10. The minimum atomic E-state index is -0.403. The fourth-order valence-electron chi connectivity index (χ4n) is 0.863. The predicted molar refractivity (Wildman–Crippen MR) is 49.8 cm³/mol. The molecule has 0 atom stereocenters. The van der Waals surface area contributed by atoms with Crippen LogP contribution in [0.4, 0.5) is 5.00 Å². The number of aliphatic hydroxyl groups is 1. The molecule has 13 heavy (non-hydrogen) atoms. The molecule has 0 aliphatic rings. The Morgan fingerprint density at radius 3 is 3.00 bits per heavy atom. The molecule has 1 rings (SSSR count). The largest absolute Gasteiger partial charge is 0.395 e. The highest BCUT2D eigenvalue weighted by Gasteiger charge is 2.08. The Morgan fingerprint density at radius 2 is 2.46 bits per heavy atom. The van der Waals surface area contributed by atoms with Gasteiger partial charge in [0.2, 0.25) is 0 Å². The molecule has 0 aliphatic heterocycles. The Balaban J connectivity index is 2.44. The third-order valence-electron chi connectivity index (χ3n) is 1.44. The van der Waals surface area contributed by atoms with E-state index in [0.717, 1.165) is 16.9 Å². The van der Waals surface area contributed by atoms with Crippen LogP contribution in [0.25, 0.3) is 0 Å². The van der Waals surface area contributed by atoms with Crippen molar-refractivity contribution in [1.82, 2.24) is 5.32 Å². The van der Waals surface area contributed by atoms with Gasteiger partial charge in [0.05, 0.1) is 11.5 Å². The van der Waals surface area contributed by atoms with E-state index in [-0.39, 0.29) is 11.6 Å². The number of aliphatic hydroxyl groups excluding tert-OH is 1. The molecule has 0 aromatic carbocycles. The second-order valence-electron chi connectivity index (χ2n) is 2.45. The van der Waals surface area contributed by atoms with Crippen molar-refractivity contribution < 1.29 is 10.0 Å². The van der Waals surface area contributed by atoms with E-state index in [2.05, 4.69) is 5.32 Å². The Morgan fingerprint density at radius 1 is 1.69 bits per heavy atom. The van der Waals surface area contributed by atoms with E-state index in [9.17, 15) is 10.1 Å². The van der Waals surface area contributed by atoms with Gasteiger partial charge in [0.15, 0.2) is 0 Å². The summed E-state index contributed by atoms with van der Waals surface area (Å²) in [4.78, 5) is 9.90. The van der Waals surface area contributed by atoms with Crippen LogP contribution in [0.3, 0.4) is 0 Å². The number of nitro groups is 1. The average Bonchev–Trinajstić information content (AvgIpc) is 2.53. The molecule has 0 radical (unpaired) electrons. The maximum absolute atomic E-state index is 10.3. The highest BCUT2D eigenvalue weighted by molar-refractivity contribution is 7.13. The molecule has 0 saturated carbocycles. The van der Waals surface area contributed by atoms with E-state index in [1.807, 2.05) is 0 Å². The lowest BCUT2D eigenvalue weighted by molar-refractivity contribution is -0.380. The van der Waals surface area contributed by atoms with Gasteiger partial charge in [-0.1, -0.05) is 11.3 Å². The highest BCUT2D eigenvalue weighted by Crippen LogP contribution is 2.22. The summed E-state index contributed by atoms with van der Waals surface area (Å²) in [5.74, 6) is 0. The Labute approximate surface area is 79.2 Å². The maximum atomic E-state index is 10.3. The minimum absolute atomic E-state index is 0.0756. The van der Waals surface area contributed by atoms with E-state index in [4.69, 9.17) is 5.11 Å². The zero-order valence-corrected chi connectivity index (χ0v) is 7.71. The molecule has 2 N–H and O–H groups in total. The molecule has 1 aromatic heterocycles. The van der Waals surface area contributed by atoms with Crippen LogP contribution < -0.4 is 5.32 Å². The Hall–Kier alpha value is -0.980. The van der Waals surface area contributed by atoms with Gasteiger partial charge in [-0.15, -0.1) is 0 Å². The van der Waals surface area contributed by atoms with Crippen LogP contribution in [0.2, 0.25) is 0 Å². The number of rotatable bonds is 5. The van der Waals surface area contributed by atoms with E-state index in [0.29, 0.717) is 13.1 Å². The monoisotopic (exact) mass is 202 g/mol. The number of nitrogens with zero attached hydrogens (tertiary/aromatic N) is 1. The van der Waals surface area contributed by atoms with Crippen LogP contribution in [-0.2, 0) is 6.54 Å². The molecule has 1 aromatic rings. The van der Waals surface area contributed by atoms with Gasteiger partial charge in [-0.2, -0.15) is 0 Å². The van der Waals surface area contributed by atoms with Crippen LogP contribution in [0.5, 0.6) is 0 Å². The quantitative estimate of drug-likeness (QED) is 0.419. The maximum Gasteiger partial charge on any atom is 0.324 e. The lowest BCUT2D eigenvalue weighted by Crippen LogP contribution is -2.16. The normalized spacial score (nSPS) is 10.2. The standard InChI is InChI=1S/C7H10N2O3S/c10-2-1-8-4-6-3-7(9(11)12)13-5-6/h3,5,8,10H,1-2,4H2. The fraction of sp³-hybridized carbons (Fsp3) is 0.429. The fourth-order valence-corrected chi connectivity index (χ4v) is 1.59. The van der Waals surface area contributed by atoms with Crippen molar-refractivity contribution in [2.75, 3.05) is 13.2 Å². The minimum Gasteiger partial charge on any atom is -0.395 e. The summed E-state index contributed by atoms with van der Waals surface area (Å²) >= 11 is 1.11. The summed E-state index contributed by atoms with van der Waals surface area (Å²) in [5, 5.41) is 23.6. The van der Waals surface area contributed by atoms with Gasteiger partial charge in [0.1, 0.15) is 0 Å². The topological polar surface area (TPSA) is 75.4 Å². The molecule has 0 amide bonds. The van der Waals surface area contributed by atoms with Gasteiger partial charge in [-0.3, -0.25) is 10.1 Å². The second-order valence-corrected chi connectivity index (χ2v) is 3.34. The van der Waals surface area contributed by atoms with E-state index < -0.39 is 4.92 Å². The van der Waals surface area contributed by atoms with Gasteiger partial charge >= 0.3 is 5.00 Å². The lowest BCUT2D eigenvalue weighted by atomic mass is 10.3. The van der Waals surface area contributed by atoms with Gasteiger partial charge < -0.3 is 10.4 Å². The molecule has 0 fully saturated rings. The lowest BCUT2D eigenvalue weighted by Gasteiger charge is -1.97.